The third-order valence-electron chi connectivity index (χ3n) is 1.85. The van der Waals surface area contributed by atoms with Gasteiger partial charge in [-0.05, 0) is 19.8 Å². The summed E-state index contributed by atoms with van der Waals surface area (Å²) in [7, 11) is 0. The van der Waals surface area contributed by atoms with Crippen LogP contribution in [0.2, 0.25) is 0 Å². The minimum absolute atomic E-state index is 1.23. The summed E-state index contributed by atoms with van der Waals surface area (Å²) in [6.07, 6.45) is 9.12. The first-order valence-electron chi connectivity index (χ1n) is 4.73. The smallest absolute Gasteiger partial charge is 0.0310 e. The lowest BCUT2D eigenvalue weighted by molar-refractivity contribution is 1.02. The molecule has 0 bridgehead atoms. The van der Waals surface area contributed by atoms with Gasteiger partial charge in [-0.1, -0.05) is 60.2 Å². The number of hydrogen-bond donors (Lipinski definition) is 0. The molecule has 0 aliphatic heterocycles. The van der Waals surface area contributed by atoms with E-state index in [1.807, 2.05) is 36.4 Å². The maximum Gasteiger partial charge on any atom is -0.0310 e. The molecule has 0 heteroatoms. The third kappa shape index (κ3) is 5.02. The summed E-state index contributed by atoms with van der Waals surface area (Å²) < 4.78 is 0. The second kappa shape index (κ2) is 6.24. The Labute approximate surface area is 80.6 Å². The van der Waals surface area contributed by atoms with Crippen molar-refractivity contribution in [3.63, 3.8) is 0 Å². The fourth-order valence-corrected chi connectivity index (χ4v) is 1.13. The molecule has 0 atom stereocenters. The monoisotopic (exact) mass is 172 g/mol. The quantitative estimate of drug-likeness (QED) is 0.555. The molecule has 0 nitrogen and oxygen atoms in total. The van der Waals surface area contributed by atoms with Crippen LogP contribution in [0, 0.1) is 0 Å². The summed E-state index contributed by atoms with van der Waals surface area (Å²) in [4.78, 5) is 0. The maximum absolute atomic E-state index is 2.26. The van der Waals surface area contributed by atoms with Crippen LogP contribution in [0.25, 0.3) is 0 Å². The van der Waals surface area contributed by atoms with E-state index in [0.717, 1.165) is 0 Å². The van der Waals surface area contributed by atoms with Crippen molar-refractivity contribution in [3.05, 3.63) is 60.2 Å². The van der Waals surface area contributed by atoms with Gasteiger partial charge in [0, 0.05) is 0 Å². The van der Waals surface area contributed by atoms with E-state index in [-0.39, 0.29) is 0 Å². The lowest BCUT2D eigenvalue weighted by atomic mass is 10.1. The average Bonchev–Trinajstić information content (AvgIpc) is 2.22. The highest BCUT2D eigenvalue weighted by Gasteiger charge is 1.86. The molecular formula is C13H16. The standard InChI is InChI=1S/C7H10.C6H6/c1-7-5-3-2-4-6-7;1-2-4-6-5-3-1/h3,5-6H,2,4H2,1H3;1-6H. The van der Waals surface area contributed by atoms with Crippen LogP contribution in [0.4, 0.5) is 0 Å². The van der Waals surface area contributed by atoms with Gasteiger partial charge in [0.25, 0.3) is 0 Å². The predicted octanol–water partition coefficient (Wildman–Crippen LogP) is 3.97. The molecule has 0 fully saturated rings. The van der Waals surface area contributed by atoms with Crippen LogP contribution in [0.3, 0.4) is 0 Å². The molecular weight excluding hydrogens is 156 g/mol. The Morgan fingerprint density at radius 2 is 1.38 bits per heavy atom. The van der Waals surface area contributed by atoms with Crippen molar-refractivity contribution in [1.29, 1.82) is 0 Å². The van der Waals surface area contributed by atoms with Crippen molar-refractivity contribution in [2.45, 2.75) is 19.8 Å². The zero-order valence-corrected chi connectivity index (χ0v) is 8.11. The third-order valence-corrected chi connectivity index (χ3v) is 1.85. The molecule has 1 aromatic rings. The molecule has 1 aliphatic rings. The second-order valence-electron chi connectivity index (χ2n) is 3.08. The van der Waals surface area contributed by atoms with Gasteiger partial charge in [0.05, 0.1) is 0 Å². The van der Waals surface area contributed by atoms with Crippen molar-refractivity contribution in [2.24, 2.45) is 0 Å². The lowest BCUT2D eigenvalue weighted by Crippen LogP contribution is -1.76. The fourth-order valence-electron chi connectivity index (χ4n) is 1.13. The Hall–Kier alpha value is -1.30. The van der Waals surface area contributed by atoms with E-state index in [1.54, 1.807) is 0 Å². The Bertz CT molecular complexity index is 241. The van der Waals surface area contributed by atoms with E-state index in [2.05, 4.69) is 25.2 Å². The highest BCUT2D eigenvalue weighted by Crippen LogP contribution is 2.06. The second-order valence-corrected chi connectivity index (χ2v) is 3.08. The molecule has 0 radical (unpaired) electrons. The number of hydrogen-bond acceptors (Lipinski definition) is 0. The van der Waals surface area contributed by atoms with Gasteiger partial charge in [-0.2, -0.15) is 0 Å². The summed E-state index contributed by atoms with van der Waals surface area (Å²) in [5, 5.41) is 0. The topological polar surface area (TPSA) is 0 Å². The summed E-state index contributed by atoms with van der Waals surface area (Å²) in [6.45, 7) is 2.13. The minimum atomic E-state index is 1.23. The number of allylic oxidation sites excluding steroid dienone is 4. The van der Waals surface area contributed by atoms with Gasteiger partial charge in [-0.15, -0.1) is 0 Å². The van der Waals surface area contributed by atoms with Gasteiger partial charge in [-0.3, -0.25) is 0 Å². The number of benzene rings is 1. The fraction of sp³-hybridized carbons (Fsp3) is 0.231. The lowest BCUT2D eigenvalue weighted by Gasteiger charge is -1.96. The van der Waals surface area contributed by atoms with Crippen LogP contribution >= 0.6 is 0 Å². The first kappa shape index (κ1) is 9.79. The Balaban J connectivity index is 0.000000132. The summed E-state index contributed by atoms with van der Waals surface area (Å²) >= 11 is 0. The SMILES string of the molecule is CC1=CCCC=C1.c1ccccc1. The summed E-state index contributed by atoms with van der Waals surface area (Å²) in [6, 6.07) is 12.0. The van der Waals surface area contributed by atoms with Crippen LogP contribution in [0.5, 0.6) is 0 Å². The molecule has 68 valence electrons. The minimum Gasteiger partial charge on any atom is -0.0840 e. The summed E-state index contributed by atoms with van der Waals surface area (Å²) in [5.41, 5.74) is 1.41. The highest BCUT2D eigenvalue weighted by molar-refractivity contribution is 5.19. The van der Waals surface area contributed by atoms with Crippen LogP contribution in [-0.2, 0) is 0 Å². The highest BCUT2D eigenvalue weighted by atomic mass is 13.9. The number of rotatable bonds is 0. The van der Waals surface area contributed by atoms with Crippen LogP contribution in [0.15, 0.2) is 60.2 Å². The molecule has 1 aliphatic carbocycles. The molecule has 1 aromatic carbocycles. The van der Waals surface area contributed by atoms with Gasteiger partial charge in [0.2, 0.25) is 0 Å². The predicted molar refractivity (Wildman–Crippen MR) is 58.6 cm³/mol. The first-order valence-corrected chi connectivity index (χ1v) is 4.73. The van der Waals surface area contributed by atoms with Crippen molar-refractivity contribution in [1.82, 2.24) is 0 Å². The van der Waals surface area contributed by atoms with Crippen LogP contribution in [-0.4, -0.2) is 0 Å². The van der Waals surface area contributed by atoms with E-state index < -0.39 is 0 Å². The van der Waals surface area contributed by atoms with Crippen molar-refractivity contribution in [3.8, 4) is 0 Å². The first-order chi connectivity index (χ1) is 6.39. The zero-order chi connectivity index (χ0) is 9.36. The van der Waals surface area contributed by atoms with Gasteiger partial charge in [0.15, 0.2) is 0 Å². The van der Waals surface area contributed by atoms with E-state index in [9.17, 15) is 0 Å². The molecule has 0 N–H and O–H groups in total. The normalized spacial score (nSPS) is 14.1. The van der Waals surface area contributed by atoms with Gasteiger partial charge >= 0.3 is 0 Å². The van der Waals surface area contributed by atoms with E-state index >= 15 is 0 Å². The Kier molecular flexibility index (Phi) is 4.70. The molecule has 0 amide bonds. The molecule has 2 rings (SSSR count). The van der Waals surface area contributed by atoms with Crippen LogP contribution < -0.4 is 0 Å². The molecule has 13 heavy (non-hydrogen) atoms. The van der Waals surface area contributed by atoms with Gasteiger partial charge < -0.3 is 0 Å². The molecule has 0 spiro atoms. The van der Waals surface area contributed by atoms with Crippen LogP contribution in [0.1, 0.15) is 19.8 Å². The van der Waals surface area contributed by atoms with E-state index in [0.29, 0.717) is 0 Å². The van der Waals surface area contributed by atoms with E-state index in [1.165, 1.54) is 18.4 Å². The Morgan fingerprint density at radius 1 is 0.846 bits per heavy atom. The molecule has 0 unspecified atom stereocenters. The Morgan fingerprint density at radius 3 is 1.62 bits per heavy atom. The largest absolute Gasteiger partial charge is 0.0840 e. The van der Waals surface area contributed by atoms with Crippen molar-refractivity contribution in [2.75, 3.05) is 0 Å². The molecule has 0 saturated carbocycles. The van der Waals surface area contributed by atoms with Gasteiger partial charge in [-0.25, -0.2) is 0 Å². The maximum atomic E-state index is 2.26. The van der Waals surface area contributed by atoms with Crippen molar-refractivity contribution >= 4 is 0 Å². The molecule has 0 heterocycles. The molecule has 0 aromatic heterocycles. The average molecular weight is 172 g/mol. The summed E-state index contributed by atoms with van der Waals surface area (Å²) in [5.74, 6) is 0. The van der Waals surface area contributed by atoms with E-state index in [4.69, 9.17) is 0 Å². The van der Waals surface area contributed by atoms with Gasteiger partial charge in [0.1, 0.15) is 0 Å². The van der Waals surface area contributed by atoms with Crippen molar-refractivity contribution < 1.29 is 0 Å². The zero-order valence-electron chi connectivity index (χ0n) is 8.11. The molecule has 0 saturated heterocycles.